The summed E-state index contributed by atoms with van der Waals surface area (Å²) in [5.41, 5.74) is 4.18. The fourth-order valence-electron chi connectivity index (χ4n) is 2.46. The minimum atomic E-state index is 0.406. The molecule has 0 saturated carbocycles. The van der Waals surface area contributed by atoms with Gasteiger partial charge in [0, 0.05) is 6.04 Å². The van der Waals surface area contributed by atoms with Crippen molar-refractivity contribution in [3.8, 4) is 0 Å². The van der Waals surface area contributed by atoms with Crippen LogP contribution < -0.4 is 5.32 Å². The average Bonchev–Trinajstić information content (AvgIpc) is 2.52. The molecular weight excluding hydrogens is 242 g/mol. The van der Waals surface area contributed by atoms with Crippen LogP contribution in [0.15, 0.2) is 54.6 Å². The van der Waals surface area contributed by atoms with Crippen molar-refractivity contribution in [2.75, 3.05) is 6.54 Å². The molecule has 1 N–H and O–H groups in total. The molecule has 0 aliphatic rings. The lowest BCUT2D eigenvalue weighted by Crippen LogP contribution is -2.24. The fourth-order valence-corrected chi connectivity index (χ4v) is 2.46. The van der Waals surface area contributed by atoms with E-state index < -0.39 is 0 Å². The Bertz CT molecular complexity index is 487. The Kier molecular flexibility index (Phi) is 5.82. The molecule has 0 spiro atoms. The highest BCUT2D eigenvalue weighted by atomic mass is 14.9. The number of benzene rings is 2. The first-order valence-electron chi connectivity index (χ1n) is 7.69. The highest BCUT2D eigenvalue weighted by molar-refractivity contribution is 5.27. The van der Waals surface area contributed by atoms with Crippen LogP contribution >= 0.6 is 0 Å². The lowest BCUT2D eigenvalue weighted by atomic mass is 9.97. The molecule has 1 atom stereocenters. The maximum Gasteiger partial charge on any atom is 0.0360 e. The molecule has 1 heteroatoms. The predicted molar refractivity (Wildman–Crippen MR) is 87.0 cm³/mol. The molecule has 106 valence electrons. The highest BCUT2D eigenvalue weighted by Gasteiger charge is 2.11. The van der Waals surface area contributed by atoms with E-state index in [0.717, 1.165) is 19.4 Å². The van der Waals surface area contributed by atoms with Crippen LogP contribution in [0.4, 0.5) is 0 Å². The summed E-state index contributed by atoms with van der Waals surface area (Å²) in [4.78, 5) is 0. The first kappa shape index (κ1) is 14.8. The third kappa shape index (κ3) is 4.21. The number of hydrogen-bond acceptors (Lipinski definition) is 1. The molecule has 1 unspecified atom stereocenters. The third-order valence-electron chi connectivity index (χ3n) is 3.71. The third-order valence-corrected chi connectivity index (χ3v) is 3.71. The van der Waals surface area contributed by atoms with E-state index in [1.54, 1.807) is 0 Å². The molecule has 0 fully saturated rings. The molecule has 1 nitrogen and oxygen atoms in total. The van der Waals surface area contributed by atoms with Crippen LogP contribution in [0, 0.1) is 0 Å². The largest absolute Gasteiger partial charge is 0.310 e. The number of aryl methyl sites for hydroxylation is 1. The van der Waals surface area contributed by atoms with Crippen molar-refractivity contribution in [1.29, 1.82) is 0 Å². The molecule has 2 aromatic rings. The minimum absolute atomic E-state index is 0.406. The Morgan fingerprint density at radius 2 is 1.55 bits per heavy atom. The molecule has 0 heterocycles. The summed E-state index contributed by atoms with van der Waals surface area (Å²) in [6, 6.07) is 20.2. The number of rotatable bonds is 7. The Morgan fingerprint density at radius 1 is 0.850 bits per heavy atom. The second kappa shape index (κ2) is 7.86. The van der Waals surface area contributed by atoms with Crippen LogP contribution in [0.5, 0.6) is 0 Å². The van der Waals surface area contributed by atoms with Crippen molar-refractivity contribution < 1.29 is 0 Å². The van der Waals surface area contributed by atoms with Crippen molar-refractivity contribution >= 4 is 0 Å². The Labute approximate surface area is 123 Å². The zero-order valence-corrected chi connectivity index (χ0v) is 12.6. The van der Waals surface area contributed by atoms with Crippen LogP contribution in [0.25, 0.3) is 0 Å². The second-order valence-corrected chi connectivity index (χ2v) is 5.29. The molecule has 2 aromatic carbocycles. The molecule has 0 bridgehead atoms. The van der Waals surface area contributed by atoms with Crippen molar-refractivity contribution in [3.05, 3.63) is 71.3 Å². The van der Waals surface area contributed by atoms with E-state index in [0.29, 0.717) is 6.04 Å². The van der Waals surface area contributed by atoms with Gasteiger partial charge in [-0.2, -0.15) is 0 Å². The van der Waals surface area contributed by atoms with E-state index in [9.17, 15) is 0 Å². The second-order valence-electron chi connectivity index (χ2n) is 5.29. The molecule has 0 saturated heterocycles. The average molecular weight is 267 g/mol. The maximum atomic E-state index is 3.67. The summed E-state index contributed by atoms with van der Waals surface area (Å²) in [5, 5.41) is 3.67. The zero-order chi connectivity index (χ0) is 14.2. The van der Waals surface area contributed by atoms with Crippen molar-refractivity contribution in [2.45, 2.75) is 39.2 Å². The maximum absolute atomic E-state index is 3.67. The Hall–Kier alpha value is -1.60. The summed E-state index contributed by atoms with van der Waals surface area (Å²) < 4.78 is 0. The molecule has 2 rings (SSSR count). The number of nitrogens with one attached hydrogen (secondary N) is 1. The Morgan fingerprint density at radius 3 is 2.15 bits per heavy atom. The van der Waals surface area contributed by atoms with Gasteiger partial charge in [-0.25, -0.2) is 0 Å². The molecule has 20 heavy (non-hydrogen) atoms. The normalized spacial score (nSPS) is 12.3. The van der Waals surface area contributed by atoms with Gasteiger partial charge in [0.25, 0.3) is 0 Å². The smallest absolute Gasteiger partial charge is 0.0360 e. The van der Waals surface area contributed by atoms with Crippen molar-refractivity contribution in [2.24, 2.45) is 0 Å². The van der Waals surface area contributed by atoms with Gasteiger partial charge in [-0.1, -0.05) is 68.4 Å². The van der Waals surface area contributed by atoms with E-state index >= 15 is 0 Å². The SMILES string of the molecule is CCCNC(Cc1ccccc1)c1ccc(CC)cc1. The van der Waals surface area contributed by atoms with E-state index in [1.165, 1.54) is 23.1 Å². The van der Waals surface area contributed by atoms with Gasteiger partial charge in [0.2, 0.25) is 0 Å². The predicted octanol–water partition coefficient (Wildman–Crippen LogP) is 4.53. The summed E-state index contributed by atoms with van der Waals surface area (Å²) in [5.74, 6) is 0. The fraction of sp³-hybridized carbons (Fsp3) is 0.368. The van der Waals surface area contributed by atoms with Gasteiger partial charge in [0.15, 0.2) is 0 Å². The van der Waals surface area contributed by atoms with Gasteiger partial charge in [0.1, 0.15) is 0 Å². The molecule has 0 aliphatic heterocycles. The summed E-state index contributed by atoms with van der Waals surface area (Å²) in [6.07, 6.45) is 3.32. The summed E-state index contributed by atoms with van der Waals surface area (Å²) >= 11 is 0. The standard InChI is InChI=1S/C19H25N/c1-3-14-20-19(15-17-8-6-5-7-9-17)18-12-10-16(4-2)11-13-18/h5-13,19-20H,3-4,14-15H2,1-2H3. The Balaban J connectivity index is 2.13. The monoisotopic (exact) mass is 267 g/mol. The van der Waals surface area contributed by atoms with Crippen LogP contribution in [0.3, 0.4) is 0 Å². The molecular formula is C19H25N. The topological polar surface area (TPSA) is 12.0 Å². The summed E-state index contributed by atoms with van der Waals surface area (Å²) in [6.45, 7) is 5.48. The van der Waals surface area contributed by atoms with E-state index in [4.69, 9.17) is 0 Å². The van der Waals surface area contributed by atoms with Crippen LogP contribution in [-0.2, 0) is 12.8 Å². The lowest BCUT2D eigenvalue weighted by molar-refractivity contribution is 0.529. The van der Waals surface area contributed by atoms with Gasteiger partial charge in [-0.05, 0) is 42.5 Å². The summed E-state index contributed by atoms with van der Waals surface area (Å²) in [7, 11) is 0. The van der Waals surface area contributed by atoms with Crippen LogP contribution in [-0.4, -0.2) is 6.54 Å². The van der Waals surface area contributed by atoms with Gasteiger partial charge < -0.3 is 5.32 Å². The first-order valence-corrected chi connectivity index (χ1v) is 7.69. The van der Waals surface area contributed by atoms with Crippen LogP contribution in [0.2, 0.25) is 0 Å². The van der Waals surface area contributed by atoms with E-state index in [-0.39, 0.29) is 0 Å². The molecule has 0 radical (unpaired) electrons. The van der Waals surface area contributed by atoms with E-state index in [1.807, 2.05) is 0 Å². The first-order chi connectivity index (χ1) is 9.83. The van der Waals surface area contributed by atoms with Crippen molar-refractivity contribution in [1.82, 2.24) is 5.32 Å². The molecule has 0 aliphatic carbocycles. The lowest BCUT2D eigenvalue weighted by Gasteiger charge is -2.19. The van der Waals surface area contributed by atoms with Crippen LogP contribution in [0.1, 0.15) is 43.0 Å². The van der Waals surface area contributed by atoms with Gasteiger partial charge in [-0.15, -0.1) is 0 Å². The zero-order valence-electron chi connectivity index (χ0n) is 12.6. The van der Waals surface area contributed by atoms with Gasteiger partial charge in [-0.3, -0.25) is 0 Å². The highest BCUT2D eigenvalue weighted by Crippen LogP contribution is 2.19. The quantitative estimate of drug-likeness (QED) is 0.777. The van der Waals surface area contributed by atoms with Gasteiger partial charge in [0.05, 0.1) is 0 Å². The van der Waals surface area contributed by atoms with Gasteiger partial charge >= 0.3 is 0 Å². The van der Waals surface area contributed by atoms with E-state index in [2.05, 4.69) is 73.8 Å². The van der Waals surface area contributed by atoms with Crippen molar-refractivity contribution in [3.63, 3.8) is 0 Å². The minimum Gasteiger partial charge on any atom is -0.310 e. The molecule has 0 amide bonds. The molecule has 0 aromatic heterocycles. The number of hydrogen-bond donors (Lipinski definition) is 1.